The predicted octanol–water partition coefficient (Wildman–Crippen LogP) is 12.1. The molecular weight excluding hydrogens is 583 g/mol. The number of rotatable bonds is 3. The molecule has 3 nitrogen and oxygen atoms in total. The number of benzene rings is 5. The third-order valence-corrected chi connectivity index (χ3v) is 9.93. The third-order valence-electron chi connectivity index (χ3n) is 9.93. The first-order chi connectivity index (χ1) is 23.6. The van der Waals surface area contributed by atoms with Gasteiger partial charge in [-0.3, -0.25) is 0 Å². The van der Waals surface area contributed by atoms with Gasteiger partial charge in [-0.15, -0.1) is 0 Å². The van der Waals surface area contributed by atoms with E-state index in [1.165, 1.54) is 45.0 Å². The Kier molecular flexibility index (Phi) is 6.48. The van der Waals surface area contributed by atoms with Crippen molar-refractivity contribution in [3.63, 3.8) is 0 Å². The maximum atomic E-state index is 2.50. The molecule has 48 heavy (non-hydrogen) atoms. The van der Waals surface area contributed by atoms with Crippen molar-refractivity contribution in [3.8, 4) is 11.1 Å². The van der Waals surface area contributed by atoms with E-state index >= 15 is 0 Å². The van der Waals surface area contributed by atoms with Gasteiger partial charge in [-0.1, -0.05) is 117 Å². The minimum atomic E-state index is -0.158. The Hall–Kier alpha value is -6.06. The summed E-state index contributed by atoms with van der Waals surface area (Å²) in [4.78, 5) is 7.26. The average Bonchev–Trinajstić information content (AvgIpc) is 3.10. The molecule has 9 rings (SSSR count). The number of nitrogens with zero attached hydrogens (tertiary/aromatic N) is 3. The van der Waals surface area contributed by atoms with Crippen LogP contribution in [0.3, 0.4) is 0 Å². The maximum absolute atomic E-state index is 2.50. The Morgan fingerprint density at radius 2 is 1.04 bits per heavy atom. The van der Waals surface area contributed by atoms with Gasteiger partial charge in [0.05, 0.1) is 28.4 Å². The van der Waals surface area contributed by atoms with Crippen LogP contribution < -0.4 is 14.7 Å². The average molecular weight is 618 g/mol. The maximum Gasteiger partial charge on any atom is 0.0744 e. The van der Waals surface area contributed by atoms with E-state index in [0.717, 1.165) is 28.5 Å². The lowest BCUT2D eigenvalue weighted by atomic mass is 9.72. The lowest BCUT2D eigenvalue weighted by molar-refractivity contribution is 0.631. The van der Waals surface area contributed by atoms with E-state index in [9.17, 15) is 0 Å². The fourth-order valence-corrected chi connectivity index (χ4v) is 7.63. The fourth-order valence-electron chi connectivity index (χ4n) is 7.63. The Labute approximate surface area is 282 Å². The second kappa shape index (κ2) is 11.0. The highest BCUT2D eigenvalue weighted by Gasteiger charge is 2.42. The van der Waals surface area contributed by atoms with Gasteiger partial charge in [0.2, 0.25) is 0 Å². The van der Waals surface area contributed by atoms with Crippen molar-refractivity contribution in [2.24, 2.45) is 0 Å². The van der Waals surface area contributed by atoms with Gasteiger partial charge in [0.25, 0.3) is 0 Å². The molecule has 0 unspecified atom stereocenters. The van der Waals surface area contributed by atoms with Crippen LogP contribution in [0.15, 0.2) is 187 Å². The SMILES string of the molecule is CC1(C)c2ccccc2N2c3cc(-c4ccccc4)ccc3N(c3ccc(N4C5=C\C=C/C=C\C4=C\C=C/C=C5)cc3)c3cccc1c32. The summed E-state index contributed by atoms with van der Waals surface area (Å²) in [6.45, 7) is 4.71. The van der Waals surface area contributed by atoms with Crippen LogP contribution in [-0.2, 0) is 5.41 Å². The molecule has 0 amide bonds. The molecule has 0 saturated heterocycles. The van der Waals surface area contributed by atoms with Crippen molar-refractivity contribution >= 4 is 39.8 Å². The molecule has 4 aliphatic heterocycles. The molecule has 4 aliphatic rings. The van der Waals surface area contributed by atoms with Crippen molar-refractivity contribution in [2.75, 3.05) is 14.7 Å². The molecule has 5 aromatic carbocycles. The first kappa shape index (κ1) is 28.2. The molecule has 5 aromatic rings. The zero-order valence-corrected chi connectivity index (χ0v) is 27.1. The number of hydrogen-bond donors (Lipinski definition) is 0. The highest BCUT2D eigenvalue weighted by molar-refractivity contribution is 6.05. The quantitative estimate of drug-likeness (QED) is 0.196. The summed E-state index contributed by atoms with van der Waals surface area (Å²) in [5, 5.41) is 0. The third kappa shape index (κ3) is 4.35. The molecule has 0 aliphatic carbocycles. The second-order valence-corrected chi connectivity index (χ2v) is 13.1. The Morgan fingerprint density at radius 1 is 0.417 bits per heavy atom. The molecule has 230 valence electrons. The summed E-state index contributed by atoms with van der Waals surface area (Å²) in [5.74, 6) is 0. The molecule has 0 radical (unpaired) electrons. The number of anilines is 7. The van der Waals surface area contributed by atoms with Gasteiger partial charge >= 0.3 is 0 Å². The van der Waals surface area contributed by atoms with Crippen LogP contribution in [0.1, 0.15) is 25.0 Å². The number of allylic oxidation sites excluding steroid dienone is 10. The van der Waals surface area contributed by atoms with Crippen LogP contribution in [0.25, 0.3) is 11.1 Å². The molecule has 2 bridgehead atoms. The standard InChI is InChI=1S/C45H35N3/c1-45(2)38-21-12-13-23-40(38)48-43-31-33(32-15-6-3-7-16-32)25-30-41(43)47(42-24-14-22-39(45)44(42)48)37-28-26-36(27-29-37)46-34-17-8-4-9-18-35(46)20-11-5-10-19-34/h3-31H,1-2H3/b8-4-,9-4?,10-5?,11-5-,17-8?,18-9-,19-10?,20-11?,34-17?,34-19?,35-18?,35-20-. The monoisotopic (exact) mass is 617 g/mol. The lowest BCUT2D eigenvalue weighted by Crippen LogP contribution is -2.34. The largest absolute Gasteiger partial charge is 0.311 e. The summed E-state index contributed by atoms with van der Waals surface area (Å²) in [5.41, 5.74) is 15.4. The van der Waals surface area contributed by atoms with Crippen molar-refractivity contribution in [3.05, 3.63) is 199 Å². The van der Waals surface area contributed by atoms with Gasteiger partial charge in [-0.25, -0.2) is 0 Å². The van der Waals surface area contributed by atoms with Crippen molar-refractivity contribution < 1.29 is 0 Å². The first-order valence-electron chi connectivity index (χ1n) is 16.6. The fraction of sp³-hybridized carbons (Fsp3) is 0.0667. The van der Waals surface area contributed by atoms with E-state index in [-0.39, 0.29) is 5.41 Å². The van der Waals surface area contributed by atoms with Crippen LogP contribution in [0, 0.1) is 0 Å². The van der Waals surface area contributed by atoms with Crippen molar-refractivity contribution in [1.82, 2.24) is 0 Å². The molecule has 0 N–H and O–H groups in total. The zero-order chi connectivity index (χ0) is 32.2. The van der Waals surface area contributed by atoms with Crippen LogP contribution in [0.2, 0.25) is 0 Å². The van der Waals surface area contributed by atoms with E-state index in [1.54, 1.807) is 0 Å². The molecule has 0 atom stereocenters. The predicted molar refractivity (Wildman–Crippen MR) is 202 cm³/mol. The summed E-state index contributed by atoms with van der Waals surface area (Å²) in [6, 6.07) is 42.4. The van der Waals surface area contributed by atoms with Crippen LogP contribution in [0.5, 0.6) is 0 Å². The van der Waals surface area contributed by atoms with Gasteiger partial charge in [0, 0.05) is 28.2 Å². The Bertz CT molecular complexity index is 2220. The highest BCUT2D eigenvalue weighted by Crippen LogP contribution is 2.61. The van der Waals surface area contributed by atoms with Gasteiger partial charge in [-0.05, 0) is 95.1 Å². The molecule has 0 fully saturated rings. The molecular formula is C45H35N3. The van der Waals surface area contributed by atoms with Crippen LogP contribution in [0.4, 0.5) is 39.8 Å². The number of fused-ring (bicyclic) bond motifs is 6. The van der Waals surface area contributed by atoms with Crippen LogP contribution in [-0.4, -0.2) is 0 Å². The lowest BCUT2D eigenvalue weighted by Gasteiger charge is -2.48. The first-order valence-corrected chi connectivity index (χ1v) is 16.6. The topological polar surface area (TPSA) is 9.72 Å². The summed E-state index contributed by atoms with van der Waals surface area (Å²) in [6.07, 6.45) is 21.2. The van der Waals surface area contributed by atoms with E-state index in [1.807, 2.05) is 0 Å². The van der Waals surface area contributed by atoms with Crippen molar-refractivity contribution in [2.45, 2.75) is 19.3 Å². The zero-order valence-electron chi connectivity index (χ0n) is 27.1. The van der Waals surface area contributed by atoms with Gasteiger partial charge in [0.1, 0.15) is 0 Å². The summed E-state index contributed by atoms with van der Waals surface area (Å²) < 4.78 is 0. The number of para-hydroxylation sites is 2. The second-order valence-electron chi connectivity index (χ2n) is 13.1. The smallest absolute Gasteiger partial charge is 0.0744 e. The van der Waals surface area contributed by atoms with Gasteiger partial charge in [-0.2, -0.15) is 0 Å². The van der Waals surface area contributed by atoms with Gasteiger partial charge < -0.3 is 14.7 Å². The minimum absolute atomic E-state index is 0.158. The molecule has 0 aromatic heterocycles. The minimum Gasteiger partial charge on any atom is -0.311 e. The van der Waals surface area contributed by atoms with Crippen molar-refractivity contribution in [1.29, 1.82) is 0 Å². The van der Waals surface area contributed by atoms with E-state index in [0.29, 0.717) is 0 Å². The van der Waals surface area contributed by atoms with E-state index in [2.05, 4.69) is 205 Å². The molecule has 4 heterocycles. The van der Waals surface area contributed by atoms with Gasteiger partial charge in [0.15, 0.2) is 0 Å². The van der Waals surface area contributed by atoms with E-state index < -0.39 is 0 Å². The molecule has 0 spiro atoms. The highest BCUT2D eigenvalue weighted by atomic mass is 15.3. The van der Waals surface area contributed by atoms with Crippen LogP contribution >= 0.6 is 0 Å². The normalized spacial score (nSPS) is 19.6. The summed E-state index contributed by atoms with van der Waals surface area (Å²) >= 11 is 0. The molecule has 3 heteroatoms. The summed E-state index contributed by atoms with van der Waals surface area (Å²) in [7, 11) is 0. The molecule has 0 saturated carbocycles. The van der Waals surface area contributed by atoms with E-state index in [4.69, 9.17) is 0 Å². The Morgan fingerprint density at radius 3 is 1.77 bits per heavy atom. The Balaban J connectivity index is 1.24. The number of hydrogen-bond acceptors (Lipinski definition) is 3.